The van der Waals surface area contributed by atoms with Crippen LogP contribution in [0.25, 0.3) is 0 Å². The minimum Gasteiger partial charge on any atom is -0.444 e. The van der Waals surface area contributed by atoms with Crippen LogP contribution in [0, 0.1) is 17.1 Å². The number of nitrogens with zero attached hydrogens (tertiary/aromatic N) is 1. The molecule has 4 nitrogen and oxygen atoms in total. The molecule has 1 aromatic carbocycles. The molecule has 0 saturated carbocycles. The smallest absolute Gasteiger partial charge is 0.408 e. The Hall–Kier alpha value is -2.09. The molecular weight excluding hydrogens is 235 g/mol. The molecule has 1 atom stereocenters. The number of nitrogens with one attached hydrogen (secondary N) is 1. The number of hydrogen-bond donors (Lipinski definition) is 1. The van der Waals surface area contributed by atoms with Gasteiger partial charge in [0.05, 0.1) is 6.07 Å². The molecule has 96 valence electrons. The lowest BCUT2D eigenvalue weighted by Gasteiger charge is -2.21. The molecule has 0 heterocycles. The van der Waals surface area contributed by atoms with Crippen molar-refractivity contribution in [2.24, 2.45) is 0 Å². The summed E-state index contributed by atoms with van der Waals surface area (Å²) in [5.74, 6) is -0.396. The Morgan fingerprint density at radius 3 is 2.39 bits per heavy atom. The second-order valence-electron chi connectivity index (χ2n) is 4.76. The van der Waals surface area contributed by atoms with Gasteiger partial charge in [-0.25, -0.2) is 9.18 Å². The van der Waals surface area contributed by atoms with Crippen molar-refractivity contribution in [2.75, 3.05) is 0 Å². The third-order valence-electron chi connectivity index (χ3n) is 1.99. The average molecular weight is 250 g/mol. The number of rotatable bonds is 2. The highest BCUT2D eigenvalue weighted by molar-refractivity contribution is 5.69. The number of amides is 1. The predicted octanol–water partition coefficient (Wildman–Crippen LogP) is 2.92. The van der Waals surface area contributed by atoms with E-state index in [1.165, 1.54) is 24.3 Å². The van der Waals surface area contributed by atoms with Gasteiger partial charge in [-0.3, -0.25) is 0 Å². The summed E-state index contributed by atoms with van der Waals surface area (Å²) in [6.45, 7) is 5.18. The number of nitriles is 1. The number of carbonyl (C=O) groups excluding carboxylic acids is 1. The zero-order valence-corrected chi connectivity index (χ0v) is 10.5. The molecule has 0 spiro atoms. The molecule has 1 rings (SSSR count). The first kappa shape index (κ1) is 14.0. The monoisotopic (exact) mass is 250 g/mol. The lowest BCUT2D eigenvalue weighted by atomic mass is 10.1. The van der Waals surface area contributed by atoms with Gasteiger partial charge in [-0.2, -0.15) is 5.26 Å². The molecule has 1 N–H and O–H groups in total. The van der Waals surface area contributed by atoms with Crippen LogP contribution in [-0.4, -0.2) is 11.7 Å². The molecule has 0 aliphatic rings. The van der Waals surface area contributed by atoms with Gasteiger partial charge >= 0.3 is 6.09 Å². The van der Waals surface area contributed by atoms with Gasteiger partial charge < -0.3 is 10.1 Å². The van der Waals surface area contributed by atoms with Crippen LogP contribution < -0.4 is 5.32 Å². The van der Waals surface area contributed by atoms with E-state index in [0.717, 1.165) is 0 Å². The zero-order valence-electron chi connectivity index (χ0n) is 10.5. The van der Waals surface area contributed by atoms with E-state index in [2.05, 4.69) is 5.32 Å². The Labute approximate surface area is 105 Å². The van der Waals surface area contributed by atoms with E-state index in [1.54, 1.807) is 20.8 Å². The van der Waals surface area contributed by atoms with Gasteiger partial charge in [0, 0.05) is 0 Å². The third kappa shape index (κ3) is 4.42. The van der Waals surface area contributed by atoms with Crippen LogP contribution in [0.5, 0.6) is 0 Å². The molecule has 0 fully saturated rings. The normalized spacial score (nSPS) is 12.4. The Balaban J connectivity index is 2.72. The number of halogens is 1. The van der Waals surface area contributed by atoms with Crippen molar-refractivity contribution >= 4 is 6.09 Å². The molecule has 0 saturated heterocycles. The summed E-state index contributed by atoms with van der Waals surface area (Å²) in [5, 5.41) is 11.4. The van der Waals surface area contributed by atoms with Crippen molar-refractivity contribution in [1.82, 2.24) is 5.32 Å². The second-order valence-corrected chi connectivity index (χ2v) is 4.76. The Kier molecular flexibility index (Phi) is 4.27. The van der Waals surface area contributed by atoms with E-state index in [9.17, 15) is 9.18 Å². The molecule has 0 aliphatic heterocycles. The number of hydrogen-bond acceptors (Lipinski definition) is 3. The number of ether oxygens (including phenoxy) is 1. The Morgan fingerprint density at radius 2 is 1.94 bits per heavy atom. The first-order valence-corrected chi connectivity index (χ1v) is 5.46. The molecular formula is C13H15FN2O2. The van der Waals surface area contributed by atoms with E-state index < -0.39 is 23.6 Å². The molecule has 0 unspecified atom stereocenters. The molecule has 5 heteroatoms. The van der Waals surface area contributed by atoms with E-state index in [0.29, 0.717) is 5.56 Å². The Bertz CT molecular complexity index is 457. The van der Waals surface area contributed by atoms with Crippen LogP contribution in [0.15, 0.2) is 24.3 Å². The fraction of sp³-hybridized carbons (Fsp3) is 0.385. The highest BCUT2D eigenvalue weighted by Crippen LogP contribution is 2.14. The molecule has 0 aliphatic carbocycles. The summed E-state index contributed by atoms with van der Waals surface area (Å²) in [4.78, 5) is 11.5. The maximum atomic E-state index is 12.7. The van der Waals surface area contributed by atoms with E-state index in [1.807, 2.05) is 6.07 Å². The molecule has 0 bridgehead atoms. The molecule has 1 aromatic rings. The minimum atomic E-state index is -0.861. The summed E-state index contributed by atoms with van der Waals surface area (Å²) in [7, 11) is 0. The van der Waals surface area contributed by atoms with Crippen molar-refractivity contribution in [2.45, 2.75) is 32.4 Å². The molecule has 1 amide bonds. The standard InChI is InChI=1S/C13H15FN2O2/c1-13(2,3)18-12(17)16-11(8-15)9-4-6-10(14)7-5-9/h4-7,11H,1-3H3,(H,16,17)/t11-/m1/s1. The Morgan fingerprint density at radius 1 is 1.39 bits per heavy atom. The molecule has 18 heavy (non-hydrogen) atoms. The van der Waals surface area contributed by atoms with E-state index in [-0.39, 0.29) is 0 Å². The van der Waals surface area contributed by atoms with Gasteiger partial charge in [-0.05, 0) is 38.5 Å². The van der Waals surface area contributed by atoms with E-state index in [4.69, 9.17) is 10.00 Å². The van der Waals surface area contributed by atoms with Gasteiger partial charge in [-0.1, -0.05) is 12.1 Å². The third-order valence-corrected chi connectivity index (χ3v) is 1.99. The topological polar surface area (TPSA) is 62.1 Å². The van der Waals surface area contributed by atoms with Gasteiger partial charge in [0.1, 0.15) is 17.5 Å². The van der Waals surface area contributed by atoms with Crippen molar-refractivity contribution in [3.05, 3.63) is 35.6 Å². The van der Waals surface area contributed by atoms with Crippen LogP contribution in [0.1, 0.15) is 32.4 Å². The lowest BCUT2D eigenvalue weighted by molar-refractivity contribution is 0.0515. The highest BCUT2D eigenvalue weighted by atomic mass is 19.1. The fourth-order valence-corrected chi connectivity index (χ4v) is 1.27. The fourth-order valence-electron chi connectivity index (χ4n) is 1.27. The minimum absolute atomic E-state index is 0.396. The SMILES string of the molecule is CC(C)(C)OC(=O)N[C@H](C#N)c1ccc(F)cc1. The largest absolute Gasteiger partial charge is 0.444 e. The van der Waals surface area contributed by atoms with Crippen LogP contribution in [0.3, 0.4) is 0 Å². The second kappa shape index (κ2) is 5.50. The highest BCUT2D eigenvalue weighted by Gasteiger charge is 2.20. The number of carbonyl (C=O) groups is 1. The van der Waals surface area contributed by atoms with Gasteiger partial charge in [0.15, 0.2) is 0 Å². The van der Waals surface area contributed by atoms with Crippen molar-refractivity contribution in [1.29, 1.82) is 5.26 Å². The summed E-state index contributed by atoms with van der Waals surface area (Å²) in [6.07, 6.45) is -0.682. The van der Waals surface area contributed by atoms with Crippen molar-refractivity contribution < 1.29 is 13.9 Å². The zero-order chi connectivity index (χ0) is 13.8. The average Bonchev–Trinajstić information content (AvgIpc) is 2.25. The van der Waals surface area contributed by atoms with Crippen LogP contribution in [0.4, 0.5) is 9.18 Å². The first-order valence-electron chi connectivity index (χ1n) is 5.46. The van der Waals surface area contributed by atoms with Gasteiger partial charge in [-0.15, -0.1) is 0 Å². The lowest BCUT2D eigenvalue weighted by Crippen LogP contribution is -2.34. The maximum absolute atomic E-state index is 12.7. The molecule has 0 radical (unpaired) electrons. The summed E-state index contributed by atoms with van der Waals surface area (Å²) in [5.41, 5.74) is -0.128. The van der Waals surface area contributed by atoms with Crippen molar-refractivity contribution in [3.8, 4) is 6.07 Å². The van der Waals surface area contributed by atoms with Gasteiger partial charge in [0.25, 0.3) is 0 Å². The van der Waals surface area contributed by atoms with Gasteiger partial charge in [0.2, 0.25) is 0 Å². The van der Waals surface area contributed by atoms with E-state index >= 15 is 0 Å². The summed E-state index contributed by atoms with van der Waals surface area (Å²) >= 11 is 0. The van der Waals surface area contributed by atoms with Crippen LogP contribution >= 0.6 is 0 Å². The van der Waals surface area contributed by atoms with Crippen LogP contribution in [-0.2, 0) is 4.74 Å². The first-order chi connectivity index (χ1) is 8.31. The molecule has 0 aromatic heterocycles. The number of alkyl carbamates (subject to hydrolysis) is 1. The van der Waals surface area contributed by atoms with Crippen LogP contribution in [0.2, 0.25) is 0 Å². The maximum Gasteiger partial charge on any atom is 0.408 e. The summed E-state index contributed by atoms with van der Waals surface area (Å²) in [6, 6.07) is 6.41. The predicted molar refractivity (Wildman–Crippen MR) is 64.1 cm³/mol. The number of benzene rings is 1. The van der Waals surface area contributed by atoms with Crippen molar-refractivity contribution in [3.63, 3.8) is 0 Å². The summed E-state index contributed by atoms with van der Waals surface area (Å²) < 4.78 is 17.8. The quantitative estimate of drug-likeness (QED) is 0.877.